The van der Waals surface area contributed by atoms with E-state index in [4.69, 9.17) is 5.73 Å². The second-order valence-corrected chi connectivity index (χ2v) is 3.48. The van der Waals surface area contributed by atoms with Crippen LogP contribution in [0.2, 0.25) is 0 Å². The number of rotatable bonds is 2. The van der Waals surface area contributed by atoms with Gasteiger partial charge in [-0.25, -0.2) is 4.39 Å². The Labute approximate surface area is 84.9 Å². The SMILES string of the molecule is C[C@H](N)Cc1ccc(F)cc1C(F)(F)F. The molecule has 1 rings (SSSR count). The van der Waals surface area contributed by atoms with Crippen LogP contribution in [0.15, 0.2) is 18.2 Å². The fourth-order valence-corrected chi connectivity index (χ4v) is 1.34. The Morgan fingerprint density at radius 3 is 2.40 bits per heavy atom. The molecular weight excluding hydrogens is 210 g/mol. The third-order valence-electron chi connectivity index (χ3n) is 1.92. The van der Waals surface area contributed by atoms with Crippen molar-refractivity contribution >= 4 is 0 Å². The summed E-state index contributed by atoms with van der Waals surface area (Å²) in [6.07, 6.45) is -4.46. The van der Waals surface area contributed by atoms with Crippen molar-refractivity contribution in [2.75, 3.05) is 0 Å². The molecule has 15 heavy (non-hydrogen) atoms. The molecule has 2 N–H and O–H groups in total. The monoisotopic (exact) mass is 221 g/mol. The molecule has 0 fully saturated rings. The van der Waals surface area contributed by atoms with Crippen LogP contribution in [0.1, 0.15) is 18.1 Å². The lowest BCUT2D eigenvalue weighted by Gasteiger charge is -2.14. The molecule has 1 nitrogen and oxygen atoms in total. The largest absolute Gasteiger partial charge is 0.416 e. The van der Waals surface area contributed by atoms with Crippen molar-refractivity contribution in [2.45, 2.75) is 25.6 Å². The van der Waals surface area contributed by atoms with E-state index in [1.807, 2.05) is 0 Å². The molecule has 0 saturated heterocycles. The third-order valence-corrected chi connectivity index (χ3v) is 1.92. The smallest absolute Gasteiger partial charge is 0.328 e. The molecule has 84 valence electrons. The summed E-state index contributed by atoms with van der Waals surface area (Å²) in [5.41, 5.74) is 4.50. The van der Waals surface area contributed by atoms with Crippen molar-refractivity contribution in [3.63, 3.8) is 0 Å². The zero-order valence-electron chi connectivity index (χ0n) is 8.11. The summed E-state index contributed by atoms with van der Waals surface area (Å²) in [5.74, 6) is -0.893. The topological polar surface area (TPSA) is 26.0 Å². The van der Waals surface area contributed by atoms with Crippen LogP contribution in [-0.2, 0) is 12.6 Å². The van der Waals surface area contributed by atoms with E-state index < -0.39 is 23.6 Å². The van der Waals surface area contributed by atoms with Gasteiger partial charge in [0.15, 0.2) is 0 Å². The van der Waals surface area contributed by atoms with Crippen LogP contribution in [0.25, 0.3) is 0 Å². The average molecular weight is 221 g/mol. The van der Waals surface area contributed by atoms with Crippen LogP contribution in [0.5, 0.6) is 0 Å². The summed E-state index contributed by atoms with van der Waals surface area (Å²) in [7, 11) is 0. The van der Waals surface area contributed by atoms with Gasteiger partial charge in [0.25, 0.3) is 0 Å². The zero-order chi connectivity index (χ0) is 11.6. The van der Waals surface area contributed by atoms with Crippen molar-refractivity contribution in [2.24, 2.45) is 5.73 Å². The first-order chi connectivity index (χ1) is 6.80. The van der Waals surface area contributed by atoms with Crippen LogP contribution < -0.4 is 5.73 Å². The number of nitrogens with two attached hydrogens (primary N) is 1. The molecule has 0 aliphatic rings. The van der Waals surface area contributed by atoms with Gasteiger partial charge < -0.3 is 5.73 Å². The summed E-state index contributed by atoms with van der Waals surface area (Å²) in [6.45, 7) is 1.60. The minimum Gasteiger partial charge on any atom is -0.328 e. The third kappa shape index (κ3) is 3.20. The summed E-state index contributed by atoms with van der Waals surface area (Å²) in [4.78, 5) is 0. The standard InChI is InChI=1S/C10H11F4N/c1-6(15)4-7-2-3-8(11)5-9(7)10(12,13)14/h2-3,5-6H,4,15H2,1H3/t6-/m0/s1. The second-order valence-electron chi connectivity index (χ2n) is 3.48. The predicted octanol–water partition coefficient (Wildman–Crippen LogP) is 2.73. The highest BCUT2D eigenvalue weighted by Crippen LogP contribution is 2.32. The van der Waals surface area contributed by atoms with Gasteiger partial charge in [-0.05, 0) is 31.0 Å². The Kier molecular flexibility index (Phi) is 3.34. The quantitative estimate of drug-likeness (QED) is 0.763. The second kappa shape index (κ2) is 4.18. The van der Waals surface area contributed by atoms with Crippen molar-refractivity contribution in [1.29, 1.82) is 0 Å². The molecule has 0 radical (unpaired) electrons. The number of alkyl halides is 3. The molecule has 5 heteroatoms. The summed E-state index contributed by atoms with van der Waals surface area (Å²) in [6, 6.07) is 2.24. The molecular formula is C10H11F4N. The summed E-state index contributed by atoms with van der Waals surface area (Å²) in [5, 5.41) is 0. The van der Waals surface area contributed by atoms with Crippen LogP contribution in [-0.4, -0.2) is 6.04 Å². The van der Waals surface area contributed by atoms with Gasteiger partial charge in [-0.15, -0.1) is 0 Å². The molecule has 1 aromatic carbocycles. The molecule has 0 aliphatic heterocycles. The first-order valence-electron chi connectivity index (χ1n) is 4.42. The van der Waals surface area contributed by atoms with Gasteiger partial charge in [0.2, 0.25) is 0 Å². The van der Waals surface area contributed by atoms with Gasteiger partial charge in [-0.1, -0.05) is 6.07 Å². The van der Waals surface area contributed by atoms with Crippen molar-refractivity contribution < 1.29 is 17.6 Å². The van der Waals surface area contributed by atoms with E-state index in [0.717, 1.165) is 12.1 Å². The van der Waals surface area contributed by atoms with Crippen molar-refractivity contribution in [3.8, 4) is 0 Å². The Bertz CT molecular complexity index is 344. The van der Waals surface area contributed by atoms with Crippen LogP contribution in [0, 0.1) is 5.82 Å². The molecule has 0 aliphatic carbocycles. The van der Waals surface area contributed by atoms with E-state index in [2.05, 4.69) is 0 Å². The molecule has 0 spiro atoms. The minimum absolute atomic E-state index is 0.0268. The predicted molar refractivity (Wildman–Crippen MR) is 48.8 cm³/mol. The maximum atomic E-state index is 12.7. The first kappa shape index (κ1) is 12.0. The van der Waals surface area contributed by atoms with Crippen LogP contribution >= 0.6 is 0 Å². The molecule has 0 saturated carbocycles. The summed E-state index contributed by atoms with van der Waals surface area (Å²) < 4.78 is 50.1. The lowest BCUT2D eigenvalue weighted by Crippen LogP contribution is -2.20. The molecule has 1 atom stereocenters. The van der Waals surface area contributed by atoms with E-state index in [0.29, 0.717) is 6.07 Å². The Morgan fingerprint density at radius 1 is 1.33 bits per heavy atom. The van der Waals surface area contributed by atoms with E-state index >= 15 is 0 Å². The highest BCUT2D eigenvalue weighted by atomic mass is 19.4. The maximum absolute atomic E-state index is 12.7. The molecule has 0 unspecified atom stereocenters. The summed E-state index contributed by atoms with van der Waals surface area (Å²) >= 11 is 0. The van der Waals surface area contributed by atoms with Gasteiger partial charge in [0.05, 0.1) is 5.56 Å². The van der Waals surface area contributed by atoms with Gasteiger partial charge >= 0.3 is 6.18 Å². The molecule has 1 aromatic rings. The minimum atomic E-state index is -4.54. The number of halogens is 4. The zero-order valence-corrected chi connectivity index (χ0v) is 8.11. The van der Waals surface area contributed by atoms with Gasteiger partial charge in [0, 0.05) is 6.04 Å². The molecule has 0 aromatic heterocycles. The van der Waals surface area contributed by atoms with Gasteiger partial charge in [0.1, 0.15) is 5.82 Å². The lowest BCUT2D eigenvalue weighted by molar-refractivity contribution is -0.138. The molecule has 0 heterocycles. The van der Waals surface area contributed by atoms with E-state index in [9.17, 15) is 17.6 Å². The highest BCUT2D eigenvalue weighted by Gasteiger charge is 2.33. The number of benzene rings is 1. The lowest BCUT2D eigenvalue weighted by atomic mass is 10.0. The van der Waals surface area contributed by atoms with Crippen molar-refractivity contribution in [3.05, 3.63) is 35.1 Å². The number of hydrogen-bond donors (Lipinski definition) is 1. The van der Waals surface area contributed by atoms with Crippen LogP contribution in [0.3, 0.4) is 0 Å². The fraction of sp³-hybridized carbons (Fsp3) is 0.400. The molecule has 0 amide bonds. The maximum Gasteiger partial charge on any atom is 0.416 e. The van der Waals surface area contributed by atoms with E-state index in [1.54, 1.807) is 6.92 Å². The van der Waals surface area contributed by atoms with E-state index in [1.165, 1.54) is 0 Å². The number of hydrogen-bond acceptors (Lipinski definition) is 1. The van der Waals surface area contributed by atoms with Crippen molar-refractivity contribution in [1.82, 2.24) is 0 Å². The fourth-order valence-electron chi connectivity index (χ4n) is 1.34. The highest BCUT2D eigenvalue weighted by molar-refractivity contribution is 5.31. The Hall–Kier alpha value is -1.10. The van der Waals surface area contributed by atoms with E-state index in [-0.39, 0.29) is 12.0 Å². The van der Waals surface area contributed by atoms with Crippen LogP contribution in [0.4, 0.5) is 17.6 Å². The first-order valence-corrected chi connectivity index (χ1v) is 4.42. The van der Waals surface area contributed by atoms with Gasteiger partial charge in [-0.3, -0.25) is 0 Å². The molecule has 0 bridgehead atoms. The van der Waals surface area contributed by atoms with Gasteiger partial charge in [-0.2, -0.15) is 13.2 Å². The normalized spacial score (nSPS) is 14.0. The Balaban J connectivity index is 3.15. The Morgan fingerprint density at radius 2 is 1.93 bits per heavy atom. The average Bonchev–Trinajstić information content (AvgIpc) is 2.05.